The summed E-state index contributed by atoms with van der Waals surface area (Å²) in [6.07, 6.45) is 0.912. The molecule has 1 amide bonds. The highest BCUT2D eigenvalue weighted by atomic mass is 79.9. The average molecular weight is 388 g/mol. The van der Waals surface area contributed by atoms with Crippen LogP contribution in [0.2, 0.25) is 5.02 Å². The molecule has 0 unspecified atom stereocenters. The number of hydrogen-bond acceptors (Lipinski definition) is 4. The lowest BCUT2D eigenvalue weighted by Crippen LogP contribution is -2.33. The number of hydrogen-bond donors (Lipinski definition) is 1. The maximum absolute atomic E-state index is 11.8. The smallest absolute Gasteiger partial charge is 0.280 e. The van der Waals surface area contributed by atoms with Crippen molar-refractivity contribution in [3.05, 3.63) is 50.1 Å². The Kier molecular flexibility index (Phi) is 5.78. The number of carbonyl (C=O) groups excluding carboxylic acids is 1. The van der Waals surface area contributed by atoms with E-state index < -0.39 is 6.10 Å². The van der Waals surface area contributed by atoms with Gasteiger partial charge in [-0.2, -0.15) is 5.10 Å². The molecule has 0 bridgehead atoms. The second-order valence-electron chi connectivity index (χ2n) is 4.09. The minimum Gasteiger partial charge on any atom is -0.481 e. The third-order valence-electron chi connectivity index (χ3n) is 2.44. The van der Waals surface area contributed by atoms with Crippen molar-refractivity contribution in [2.45, 2.75) is 13.0 Å². The van der Waals surface area contributed by atoms with Gasteiger partial charge < -0.3 is 4.74 Å². The molecule has 0 aliphatic carbocycles. The number of ether oxygens (including phenoxy) is 1. The molecule has 1 aromatic carbocycles. The minimum atomic E-state index is -0.671. The van der Waals surface area contributed by atoms with Gasteiger partial charge in [0.05, 0.1) is 10.0 Å². The van der Waals surface area contributed by atoms with Gasteiger partial charge in [-0.05, 0) is 53.2 Å². The Labute approximate surface area is 139 Å². The number of hydrazone groups is 1. The van der Waals surface area contributed by atoms with Crippen molar-refractivity contribution in [2.24, 2.45) is 5.10 Å². The zero-order valence-corrected chi connectivity index (χ0v) is 14.2. The van der Waals surface area contributed by atoms with Crippen molar-refractivity contribution in [3.63, 3.8) is 0 Å². The molecule has 0 saturated heterocycles. The molecule has 0 radical (unpaired) electrons. The molecule has 0 aliphatic rings. The van der Waals surface area contributed by atoms with Crippen LogP contribution in [0, 0.1) is 0 Å². The number of halogens is 2. The summed E-state index contributed by atoms with van der Waals surface area (Å²) < 4.78 is 6.50. The summed E-state index contributed by atoms with van der Waals surface area (Å²) in [5.74, 6) is 0.207. The number of rotatable bonds is 5. The Morgan fingerprint density at radius 1 is 1.48 bits per heavy atom. The highest BCUT2D eigenvalue weighted by molar-refractivity contribution is 9.11. The zero-order chi connectivity index (χ0) is 15.2. The van der Waals surface area contributed by atoms with E-state index in [4.69, 9.17) is 16.3 Å². The Morgan fingerprint density at radius 2 is 2.29 bits per heavy atom. The molecule has 1 aromatic heterocycles. The summed E-state index contributed by atoms with van der Waals surface area (Å²) in [5, 5.41) is 4.45. The number of nitrogens with one attached hydrogen (secondary N) is 1. The van der Waals surface area contributed by atoms with E-state index in [1.807, 2.05) is 12.1 Å². The predicted octanol–water partition coefficient (Wildman–Crippen LogP) is 4.08. The van der Waals surface area contributed by atoms with E-state index in [9.17, 15) is 4.79 Å². The van der Waals surface area contributed by atoms with E-state index in [1.165, 1.54) is 11.3 Å². The minimum absolute atomic E-state index is 0.332. The van der Waals surface area contributed by atoms with Gasteiger partial charge in [-0.1, -0.05) is 17.7 Å². The van der Waals surface area contributed by atoms with Crippen LogP contribution in [0.5, 0.6) is 5.75 Å². The zero-order valence-electron chi connectivity index (χ0n) is 11.0. The largest absolute Gasteiger partial charge is 0.481 e. The molecule has 0 spiro atoms. The van der Waals surface area contributed by atoms with E-state index in [2.05, 4.69) is 26.5 Å². The van der Waals surface area contributed by atoms with Crippen LogP contribution in [-0.2, 0) is 4.79 Å². The summed E-state index contributed by atoms with van der Waals surface area (Å²) in [7, 11) is 0. The lowest BCUT2D eigenvalue weighted by atomic mass is 10.3. The summed E-state index contributed by atoms with van der Waals surface area (Å²) in [6.45, 7) is 1.65. The Hall–Kier alpha value is -1.37. The van der Waals surface area contributed by atoms with Crippen molar-refractivity contribution in [1.82, 2.24) is 5.43 Å². The third-order valence-corrected chi connectivity index (χ3v) is 4.23. The molecule has 110 valence electrons. The Bertz CT molecular complexity index is 660. The molecular formula is C14H12BrClN2O2S. The first kappa shape index (κ1) is 16.0. The monoisotopic (exact) mass is 386 g/mol. The van der Waals surface area contributed by atoms with Gasteiger partial charge in [0, 0.05) is 9.90 Å². The highest BCUT2D eigenvalue weighted by Crippen LogP contribution is 2.20. The first-order valence-corrected chi connectivity index (χ1v) is 8.04. The lowest BCUT2D eigenvalue weighted by Gasteiger charge is -2.12. The van der Waals surface area contributed by atoms with Crippen LogP contribution in [0.3, 0.4) is 0 Å². The average Bonchev–Trinajstić information content (AvgIpc) is 2.84. The van der Waals surface area contributed by atoms with E-state index in [0.717, 1.165) is 8.66 Å². The molecule has 7 heteroatoms. The molecule has 0 fully saturated rings. The van der Waals surface area contributed by atoms with Gasteiger partial charge in [-0.15, -0.1) is 11.3 Å². The number of benzene rings is 1. The summed E-state index contributed by atoms with van der Waals surface area (Å²) in [5.41, 5.74) is 2.44. The fraction of sp³-hybridized carbons (Fsp3) is 0.143. The molecular weight excluding hydrogens is 376 g/mol. The molecule has 0 aliphatic heterocycles. The fourth-order valence-electron chi connectivity index (χ4n) is 1.45. The van der Waals surface area contributed by atoms with Crippen molar-refractivity contribution in [2.75, 3.05) is 0 Å². The summed E-state index contributed by atoms with van der Waals surface area (Å²) in [4.78, 5) is 12.8. The molecule has 4 nitrogen and oxygen atoms in total. The van der Waals surface area contributed by atoms with Crippen molar-refractivity contribution >= 4 is 51.0 Å². The number of nitrogens with zero attached hydrogens (tertiary/aromatic N) is 1. The van der Waals surface area contributed by atoms with Gasteiger partial charge in [0.25, 0.3) is 5.91 Å². The molecule has 2 aromatic rings. The lowest BCUT2D eigenvalue weighted by molar-refractivity contribution is -0.127. The van der Waals surface area contributed by atoms with E-state index in [0.29, 0.717) is 10.8 Å². The van der Waals surface area contributed by atoms with Gasteiger partial charge in [-0.25, -0.2) is 5.43 Å². The maximum Gasteiger partial charge on any atom is 0.280 e. The molecule has 1 N–H and O–H groups in total. The normalized spacial score (nSPS) is 12.3. The van der Waals surface area contributed by atoms with Gasteiger partial charge >= 0.3 is 0 Å². The maximum atomic E-state index is 11.8. The standard InChI is InChI=1S/C14H12BrClN2O2S/c1-9(20-11-4-2-3-10(16)7-11)14(19)18-17-8-12-5-6-13(15)21-12/h2-9H,1H3,(H,18,19)/b17-8-/t9-/m0/s1. The van der Waals surface area contributed by atoms with Crippen LogP contribution in [0.1, 0.15) is 11.8 Å². The molecule has 0 saturated carbocycles. The van der Waals surface area contributed by atoms with Gasteiger partial charge in [0.1, 0.15) is 5.75 Å². The van der Waals surface area contributed by atoms with E-state index in [1.54, 1.807) is 37.4 Å². The number of amides is 1. The van der Waals surface area contributed by atoms with Crippen LogP contribution in [0.25, 0.3) is 0 Å². The van der Waals surface area contributed by atoms with Crippen LogP contribution >= 0.6 is 38.9 Å². The topological polar surface area (TPSA) is 50.7 Å². The summed E-state index contributed by atoms with van der Waals surface area (Å²) >= 11 is 10.7. The van der Waals surface area contributed by atoms with Gasteiger partial charge in [0.15, 0.2) is 6.10 Å². The number of thiophene rings is 1. The summed E-state index contributed by atoms with van der Waals surface area (Å²) in [6, 6.07) is 10.7. The first-order valence-electron chi connectivity index (χ1n) is 6.05. The molecule has 1 heterocycles. The van der Waals surface area contributed by atoms with Crippen molar-refractivity contribution in [3.8, 4) is 5.75 Å². The van der Waals surface area contributed by atoms with Gasteiger partial charge in [0.2, 0.25) is 0 Å². The highest BCUT2D eigenvalue weighted by Gasteiger charge is 2.13. The first-order chi connectivity index (χ1) is 10.0. The predicted molar refractivity (Wildman–Crippen MR) is 89.3 cm³/mol. The Balaban J connectivity index is 1.86. The fourth-order valence-corrected chi connectivity index (χ4v) is 2.92. The van der Waals surface area contributed by atoms with Crippen LogP contribution in [0.4, 0.5) is 0 Å². The van der Waals surface area contributed by atoms with Gasteiger partial charge in [-0.3, -0.25) is 4.79 Å². The molecule has 1 atom stereocenters. The molecule has 21 heavy (non-hydrogen) atoms. The van der Waals surface area contributed by atoms with E-state index in [-0.39, 0.29) is 5.91 Å². The van der Waals surface area contributed by atoms with Crippen molar-refractivity contribution < 1.29 is 9.53 Å². The van der Waals surface area contributed by atoms with Crippen molar-refractivity contribution in [1.29, 1.82) is 0 Å². The quantitative estimate of drug-likeness (QED) is 0.621. The van der Waals surface area contributed by atoms with Crippen LogP contribution < -0.4 is 10.2 Å². The molecule has 2 rings (SSSR count). The second-order valence-corrected chi connectivity index (χ2v) is 7.02. The van der Waals surface area contributed by atoms with E-state index >= 15 is 0 Å². The van der Waals surface area contributed by atoms with Crippen LogP contribution in [0.15, 0.2) is 45.3 Å². The Morgan fingerprint density at radius 3 is 2.95 bits per heavy atom. The SMILES string of the molecule is C[C@H](Oc1cccc(Cl)c1)C(=O)N/N=C\c1ccc(Br)s1. The third kappa shape index (κ3) is 5.15. The second kappa shape index (κ2) is 7.59. The van der Waals surface area contributed by atoms with Crippen LogP contribution in [-0.4, -0.2) is 18.2 Å². The number of carbonyl (C=O) groups is 1.